The van der Waals surface area contributed by atoms with E-state index in [1.54, 1.807) is 7.11 Å². The van der Waals surface area contributed by atoms with Crippen LogP contribution in [0.4, 0.5) is 0 Å². The van der Waals surface area contributed by atoms with E-state index >= 15 is 0 Å². The summed E-state index contributed by atoms with van der Waals surface area (Å²) in [6.45, 7) is 7.83. The van der Waals surface area contributed by atoms with Gasteiger partial charge in [-0.2, -0.15) is 0 Å². The molecule has 3 rings (SSSR count). The number of amides is 1. The van der Waals surface area contributed by atoms with Crippen molar-refractivity contribution in [3.05, 3.63) is 65.2 Å². The number of carbonyl (C=O) groups is 1. The zero-order valence-electron chi connectivity index (χ0n) is 17.0. The largest absolute Gasteiger partial charge is 0.497 e. The van der Waals surface area contributed by atoms with Gasteiger partial charge in [0.2, 0.25) is 5.91 Å². The number of hydrogen-bond acceptors (Lipinski definition) is 3. The molecule has 1 aliphatic heterocycles. The lowest BCUT2D eigenvalue weighted by atomic mass is 9.86. The van der Waals surface area contributed by atoms with E-state index in [1.807, 2.05) is 24.1 Å². The maximum atomic E-state index is 12.6. The van der Waals surface area contributed by atoms with Crippen molar-refractivity contribution in [2.45, 2.75) is 38.8 Å². The number of benzene rings is 2. The Kier molecular flexibility index (Phi) is 5.56. The molecule has 4 heteroatoms. The van der Waals surface area contributed by atoms with Gasteiger partial charge in [-0.05, 0) is 47.7 Å². The summed E-state index contributed by atoms with van der Waals surface area (Å²) in [6, 6.07) is 16.8. The van der Waals surface area contributed by atoms with Crippen molar-refractivity contribution in [3.63, 3.8) is 0 Å². The van der Waals surface area contributed by atoms with Gasteiger partial charge in [-0.1, -0.05) is 57.2 Å². The zero-order valence-corrected chi connectivity index (χ0v) is 17.0. The van der Waals surface area contributed by atoms with Crippen LogP contribution in [-0.4, -0.2) is 43.0 Å². The van der Waals surface area contributed by atoms with E-state index in [0.29, 0.717) is 13.1 Å². The van der Waals surface area contributed by atoms with E-state index in [4.69, 9.17) is 4.74 Å². The van der Waals surface area contributed by atoms with Crippen LogP contribution in [0, 0.1) is 0 Å². The van der Waals surface area contributed by atoms with Crippen LogP contribution in [0.2, 0.25) is 0 Å². The van der Waals surface area contributed by atoms with Crippen molar-refractivity contribution >= 4 is 5.91 Å². The molecule has 1 aliphatic rings. The van der Waals surface area contributed by atoms with Crippen LogP contribution < -0.4 is 4.74 Å². The standard InChI is InChI=1S/C23H30N2O2/c1-23(2,3)19-10-8-18(9-11-19)22-24(4)16-21(26)25(22)15-14-17-6-12-20(27-5)13-7-17/h6-13,22H,14-16H2,1-5H3. The lowest BCUT2D eigenvalue weighted by Gasteiger charge is -2.29. The fourth-order valence-electron chi connectivity index (χ4n) is 3.64. The first kappa shape index (κ1) is 19.4. The summed E-state index contributed by atoms with van der Waals surface area (Å²) < 4.78 is 5.22. The Morgan fingerprint density at radius 3 is 2.22 bits per heavy atom. The van der Waals surface area contributed by atoms with Gasteiger partial charge in [-0.15, -0.1) is 0 Å². The van der Waals surface area contributed by atoms with Gasteiger partial charge in [-0.25, -0.2) is 0 Å². The molecule has 0 bridgehead atoms. The maximum absolute atomic E-state index is 12.6. The highest BCUT2D eigenvalue weighted by Gasteiger charge is 2.36. The molecule has 1 fully saturated rings. The van der Waals surface area contributed by atoms with Crippen LogP contribution in [0.5, 0.6) is 5.75 Å². The van der Waals surface area contributed by atoms with Gasteiger partial charge in [0.1, 0.15) is 11.9 Å². The van der Waals surface area contributed by atoms with Crippen molar-refractivity contribution in [2.75, 3.05) is 27.2 Å². The van der Waals surface area contributed by atoms with Crippen molar-refractivity contribution in [1.29, 1.82) is 0 Å². The molecule has 0 radical (unpaired) electrons. The molecule has 1 saturated heterocycles. The Bertz CT molecular complexity index is 776. The molecule has 0 N–H and O–H groups in total. The SMILES string of the molecule is COc1ccc(CCN2C(=O)CN(C)C2c2ccc(C(C)(C)C)cc2)cc1. The van der Waals surface area contributed by atoms with E-state index in [2.05, 4.69) is 62.1 Å². The van der Waals surface area contributed by atoms with Crippen molar-refractivity contribution in [1.82, 2.24) is 9.80 Å². The minimum Gasteiger partial charge on any atom is -0.497 e. The fraction of sp³-hybridized carbons (Fsp3) is 0.435. The number of hydrogen-bond donors (Lipinski definition) is 0. The van der Waals surface area contributed by atoms with Crippen molar-refractivity contribution in [3.8, 4) is 5.75 Å². The summed E-state index contributed by atoms with van der Waals surface area (Å²) in [5.41, 5.74) is 3.82. The molecule has 0 spiro atoms. The maximum Gasteiger partial charge on any atom is 0.238 e. The van der Waals surface area contributed by atoms with Crippen LogP contribution in [0.3, 0.4) is 0 Å². The number of carbonyl (C=O) groups excluding carboxylic acids is 1. The Hall–Kier alpha value is -2.33. The second kappa shape index (κ2) is 7.73. The second-order valence-electron chi connectivity index (χ2n) is 8.35. The first-order chi connectivity index (χ1) is 12.8. The summed E-state index contributed by atoms with van der Waals surface area (Å²) in [5, 5.41) is 0. The third kappa shape index (κ3) is 4.33. The van der Waals surface area contributed by atoms with Gasteiger partial charge in [0.05, 0.1) is 13.7 Å². The highest BCUT2D eigenvalue weighted by atomic mass is 16.5. The van der Waals surface area contributed by atoms with E-state index in [1.165, 1.54) is 16.7 Å². The smallest absolute Gasteiger partial charge is 0.238 e. The summed E-state index contributed by atoms with van der Waals surface area (Å²) >= 11 is 0. The first-order valence-corrected chi connectivity index (χ1v) is 9.52. The number of rotatable bonds is 5. The molecule has 1 unspecified atom stereocenters. The van der Waals surface area contributed by atoms with E-state index in [-0.39, 0.29) is 17.5 Å². The van der Waals surface area contributed by atoms with E-state index in [9.17, 15) is 4.79 Å². The normalized spacial score (nSPS) is 18.2. The topological polar surface area (TPSA) is 32.8 Å². The van der Waals surface area contributed by atoms with Gasteiger partial charge in [-0.3, -0.25) is 9.69 Å². The molecule has 27 heavy (non-hydrogen) atoms. The number of ether oxygens (including phenoxy) is 1. The predicted octanol–water partition coefficient (Wildman–Crippen LogP) is 4.01. The molecule has 1 heterocycles. The molecule has 4 nitrogen and oxygen atoms in total. The highest BCUT2D eigenvalue weighted by molar-refractivity contribution is 5.81. The van der Waals surface area contributed by atoms with Crippen LogP contribution in [-0.2, 0) is 16.6 Å². The van der Waals surface area contributed by atoms with Gasteiger partial charge in [0.15, 0.2) is 0 Å². The van der Waals surface area contributed by atoms with Crippen LogP contribution in [0.1, 0.15) is 43.6 Å². The zero-order chi connectivity index (χ0) is 19.6. The molecular weight excluding hydrogens is 336 g/mol. The Morgan fingerprint density at radius 1 is 1.04 bits per heavy atom. The minimum atomic E-state index is 0.00441. The Morgan fingerprint density at radius 2 is 1.67 bits per heavy atom. The molecule has 0 aliphatic carbocycles. The Labute approximate surface area is 162 Å². The average Bonchev–Trinajstić information content (AvgIpc) is 2.93. The Balaban J connectivity index is 1.75. The summed E-state index contributed by atoms with van der Waals surface area (Å²) in [7, 11) is 3.69. The van der Waals surface area contributed by atoms with Gasteiger partial charge >= 0.3 is 0 Å². The van der Waals surface area contributed by atoms with Crippen molar-refractivity contribution < 1.29 is 9.53 Å². The molecular formula is C23H30N2O2. The number of methoxy groups -OCH3 is 1. The molecule has 2 aromatic rings. The molecule has 2 aromatic carbocycles. The third-order valence-corrected chi connectivity index (χ3v) is 5.29. The van der Waals surface area contributed by atoms with E-state index < -0.39 is 0 Å². The fourth-order valence-corrected chi connectivity index (χ4v) is 3.64. The van der Waals surface area contributed by atoms with E-state index in [0.717, 1.165) is 12.2 Å². The highest BCUT2D eigenvalue weighted by Crippen LogP contribution is 2.31. The van der Waals surface area contributed by atoms with Crippen LogP contribution >= 0.6 is 0 Å². The summed E-state index contributed by atoms with van der Waals surface area (Å²) in [5.74, 6) is 1.04. The predicted molar refractivity (Wildman–Crippen MR) is 109 cm³/mol. The lowest BCUT2D eigenvalue weighted by molar-refractivity contribution is -0.128. The molecule has 144 valence electrons. The lowest BCUT2D eigenvalue weighted by Crippen LogP contribution is -2.32. The van der Waals surface area contributed by atoms with Crippen molar-refractivity contribution in [2.24, 2.45) is 0 Å². The van der Waals surface area contributed by atoms with Gasteiger partial charge in [0.25, 0.3) is 0 Å². The third-order valence-electron chi connectivity index (χ3n) is 5.29. The average molecular weight is 367 g/mol. The second-order valence-corrected chi connectivity index (χ2v) is 8.35. The number of nitrogens with zero attached hydrogens (tertiary/aromatic N) is 2. The monoisotopic (exact) mass is 366 g/mol. The molecule has 1 amide bonds. The number of likely N-dealkylation sites (N-methyl/N-ethyl adjacent to an activating group) is 1. The first-order valence-electron chi connectivity index (χ1n) is 9.52. The minimum absolute atomic E-state index is 0.00441. The molecule has 0 aromatic heterocycles. The van der Waals surface area contributed by atoms with Gasteiger partial charge in [0, 0.05) is 6.54 Å². The molecule has 1 atom stereocenters. The van der Waals surface area contributed by atoms with Crippen LogP contribution in [0.25, 0.3) is 0 Å². The quantitative estimate of drug-likeness (QED) is 0.802. The summed E-state index contributed by atoms with van der Waals surface area (Å²) in [6.07, 6.45) is 0.838. The van der Waals surface area contributed by atoms with Crippen LogP contribution in [0.15, 0.2) is 48.5 Å². The molecule has 0 saturated carbocycles. The summed E-state index contributed by atoms with van der Waals surface area (Å²) in [4.78, 5) is 16.7. The van der Waals surface area contributed by atoms with Gasteiger partial charge < -0.3 is 9.64 Å².